The summed E-state index contributed by atoms with van der Waals surface area (Å²) in [4.78, 5) is 4.44. The van der Waals surface area contributed by atoms with E-state index in [-0.39, 0.29) is 0 Å². The SMILES string of the molecule is COc1cccc(Cc2noc(CNC3CCCC3)n2)c1. The van der Waals surface area contributed by atoms with E-state index in [0.29, 0.717) is 30.7 Å². The molecular weight excluding hydrogens is 266 g/mol. The van der Waals surface area contributed by atoms with Crippen molar-refractivity contribution in [1.82, 2.24) is 15.5 Å². The van der Waals surface area contributed by atoms with Crippen molar-refractivity contribution in [2.45, 2.75) is 44.7 Å². The molecule has 0 saturated heterocycles. The van der Waals surface area contributed by atoms with Crippen LogP contribution in [-0.4, -0.2) is 23.3 Å². The highest BCUT2D eigenvalue weighted by Gasteiger charge is 2.15. The van der Waals surface area contributed by atoms with E-state index in [1.165, 1.54) is 25.7 Å². The van der Waals surface area contributed by atoms with Gasteiger partial charge in [0.25, 0.3) is 0 Å². The Labute approximate surface area is 124 Å². The molecule has 1 aromatic heterocycles. The fourth-order valence-electron chi connectivity index (χ4n) is 2.76. The van der Waals surface area contributed by atoms with E-state index in [0.717, 1.165) is 11.3 Å². The van der Waals surface area contributed by atoms with E-state index >= 15 is 0 Å². The lowest BCUT2D eigenvalue weighted by atomic mass is 10.1. The summed E-state index contributed by atoms with van der Waals surface area (Å²) in [7, 11) is 1.67. The number of nitrogens with one attached hydrogen (secondary N) is 1. The monoisotopic (exact) mass is 287 g/mol. The summed E-state index contributed by atoms with van der Waals surface area (Å²) in [6.45, 7) is 0.662. The topological polar surface area (TPSA) is 60.2 Å². The van der Waals surface area contributed by atoms with E-state index in [1.54, 1.807) is 7.11 Å². The van der Waals surface area contributed by atoms with Crippen molar-refractivity contribution >= 4 is 0 Å². The number of hydrogen-bond acceptors (Lipinski definition) is 5. The van der Waals surface area contributed by atoms with Crippen LogP contribution in [0.15, 0.2) is 28.8 Å². The molecule has 3 rings (SSSR count). The summed E-state index contributed by atoms with van der Waals surface area (Å²) >= 11 is 0. The molecule has 21 heavy (non-hydrogen) atoms. The molecule has 1 saturated carbocycles. The zero-order chi connectivity index (χ0) is 14.5. The Morgan fingerprint density at radius 2 is 2.19 bits per heavy atom. The molecule has 1 aromatic carbocycles. The maximum atomic E-state index is 5.30. The molecule has 5 nitrogen and oxygen atoms in total. The van der Waals surface area contributed by atoms with Gasteiger partial charge in [-0.05, 0) is 30.5 Å². The summed E-state index contributed by atoms with van der Waals surface area (Å²) in [6, 6.07) is 8.54. The molecule has 1 aliphatic rings. The number of ether oxygens (including phenoxy) is 1. The quantitative estimate of drug-likeness (QED) is 0.885. The first-order chi connectivity index (χ1) is 10.3. The second-order valence-corrected chi connectivity index (χ2v) is 5.49. The molecule has 0 radical (unpaired) electrons. The van der Waals surface area contributed by atoms with Crippen LogP contribution in [0.25, 0.3) is 0 Å². The van der Waals surface area contributed by atoms with Crippen molar-refractivity contribution in [3.63, 3.8) is 0 Å². The highest BCUT2D eigenvalue weighted by Crippen LogP contribution is 2.18. The standard InChI is InChI=1S/C16H21N3O2/c1-20-14-8-4-5-12(9-14)10-15-18-16(21-19-15)11-17-13-6-2-3-7-13/h4-5,8-9,13,17H,2-3,6-7,10-11H2,1H3. The Kier molecular flexibility index (Phi) is 4.50. The molecule has 0 atom stereocenters. The van der Waals surface area contributed by atoms with Crippen LogP contribution < -0.4 is 10.1 Å². The van der Waals surface area contributed by atoms with E-state index in [2.05, 4.69) is 15.5 Å². The first-order valence-electron chi connectivity index (χ1n) is 7.51. The fourth-order valence-corrected chi connectivity index (χ4v) is 2.76. The molecular formula is C16H21N3O2. The van der Waals surface area contributed by atoms with Crippen molar-refractivity contribution < 1.29 is 9.26 Å². The van der Waals surface area contributed by atoms with Crippen LogP contribution in [0.4, 0.5) is 0 Å². The molecule has 5 heteroatoms. The minimum Gasteiger partial charge on any atom is -0.497 e. The minimum absolute atomic E-state index is 0.610. The highest BCUT2D eigenvalue weighted by atomic mass is 16.5. The molecule has 1 N–H and O–H groups in total. The fraction of sp³-hybridized carbons (Fsp3) is 0.500. The molecule has 112 valence electrons. The molecule has 0 spiro atoms. The van der Waals surface area contributed by atoms with E-state index in [1.807, 2.05) is 24.3 Å². The third kappa shape index (κ3) is 3.82. The predicted octanol–water partition coefficient (Wildman–Crippen LogP) is 2.70. The lowest BCUT2D eigenvalue weighted by Crippen LogP contribution is -2.25. The normalized spacial score (nSPS) is 15.5. The van der Waals surface area contributed by atoms with Gasteiger partial charge in [-0.25, -0.2) is 0 Å². The Bertz CT molecular complexity index is 576. The third-order valence-electron chi connectivity index (χ3n) is 3.90. The maximum absolute atomic E-state index is 5.30. The first-order valence-corrected chi connectivity index (χ1v) is 7.51. The molecule has 1 fully saturated rings. The summed E-state index contributed by atoms with van der Waals surface area (Å²) < 4.78 is 10.5. The van der Waals surface area contributed by atoms with Crippen LogP contribution in [0.1, 0.15) is 43.0 Å². The predicted molar refractivity (Wildman–Crippen MR) is 79.2 cm³/mol. The second-order valence-electron chi connectivity index (χ2n) is 5.49. The van der Waals surface area contributed by atoms with Crippen molar-refractivity contribution in [1.29, 1.82) is 0 Å². The third-order valence-corrected chi connectivity index (χ3v) is 3.90. The number of methoxy groups -OCH3 is 1. The Balaban J connectivity index is 1.56. The van der Waals surface area contributed by atoms with Crippen LogP contribution in [0.5, 0.6) is 5.75 Å². The van der Waals surface area contributed by atoms with Crippen LogP contribution in [-0.2, 0) is 13.0 Å². The summed E-state index contributed by atoms with van der Waals surface area (Å²) in [5, 5.41) is 7.52. The van der Waals surface area contributed by atoms with Gasteiger partial charge in [-0.1, -0.05) is 30.1 Å². The lowest BCUT2D eigenvalue weighted by molar-refractivity contribution is 0.353. The number of benzene rings is 1. The molecule has 0 aliphatic heterocycles. The van der Waals surface area contributed by atoms with Gasteiger partial charge in [-0.15, -0.1) is 0 Å². The number of rotatable bonds is 6. The largest absolute Gasteiger partial charge is 0.497 e. The first kappa shape index (κ1) is 14.1. The van der Waals surface area contributed by atoms with Gasteiger partial charge >= 0.3 is 0 Å². The summed E-state index contributed by atoms with van der Waals surface area (Å²) in [6.07, 6.45) is 5.81. The van der Waals surface area contributed by atoms with Gasteiger partial charge < -0.3 is 14.6 Å². The molecule has 2 aromatic rings. The average Bonchev–Trinajstić information content (AvgIpc) is 3.17. The van der Waals surface area contributed by atoms with Crippen molar-refractivity contribution in [2.24, 2.45) is 0 Å². The maximum Gasteiger partial charge on any atom is 0.240 e. The summed E-state index contributed by atoms with van der Waals surface area (Å²) in [5.41, 5.74) is 1.12. The number of aromatic nitrogens is 2. The average molecular weight is 287 g/mol. The Hall–Kier alpha value is -1.88. The van der Waals surface area contributed by atoms with Crippen LogP contribution in [0.2, 0.25) is 0 Å². The number of hydrogen-bond donors (Lipinski definition) is 1. The minimum atomic E-state index is 0.610. The van der Waals surface area contributed by atoms with Crippen molar-refractivity contribution in [3.8, 4) is 5.75 Å². The van der Waals surface area contributed by atoms with Gasteiger partial charge in [0.05, 0.1) is 13.7 Å². The Morgan fingerprint density at radius 1 is 1.33 bits per heavy atom. The van der Waals surface area contributed by atoms with Gasteiger partial charge in [-0.2, -0.15) is 4.98 Å². The molecule has 1 heterocycles. The van der Waals surface area contributed by atoms with Crippen LogP contribution >= 0.6 is 0 Å². The summed E-state index contributed by atoms with van der Waals surface area (Å²) in [5.74, 6) is 2.23. The van der Waals surface area contributed by atoms with Gasteiger partial charge in [0, 0.05) is 12.5 Å². The van der Waals surface area contributed by atoms with Gasteiger partial charge in [0.15, 0.2) is 5.82 Å². The number of nitrogens with zero attached hydrogens (tertiary/aromatic N) is 2. The molecule has 1 aliphatic carbocycles. The van der Waals surface area contributed by atoms with Gasteiger partial charge in [0.2, 0.25) is 5.89 Å². The van der Waals surface area contributed by atoms with Gasteiger partial charge in [0.1, 0.15) is 5.75 Å². The van der Waals surface area contributed by atoms with Gasteiger partial charge in [-0.3, -0.25) is 0 Å². The van der Waals surface area contributed by atoms with Crippen molar-refractivity contribution in [2.75, 3.05) is 7.11 Å². The molecule has 0 amide bonds. The second kappa shape index (κ2) is 6.72. The van der Waals surface area contributed by atoms with E-state index in [4.69, 9.17) is 9.26 Å². The van der Waals surface area contributed by atoms with Crippen LogP contribution in [0, 0.1) is 0 Å². The smallest absolute Gasteiger partial charge is 0.240 e. The van der Waals surface area contributed by atoms with E-state index < -0.39 is 0 Å². The highest BCUT2D eigenvalue weighted by molar-refractivity contribution is 5.30. The van der Waals surface area contributed by atoms with E-state index in [9.17, 15) is 0 Å². The molecule has 0 bridgehead atoms. The zero-order valence-electron chi connectivity index (χ0n) is 12.3. The molecule has 0 unspecified atom stereocenters. The van der Waals surface area contributed by atoms with Crippen molar-refractivity contribution in [3.05, 3.63) is 41.5 Å². The zero-order valence-corrected chi connectivity index (χ0v) is 12.3. The lowest BCUT2D eigenvalue weighted by Gasteiger charge is -2.08. The Morgan fingerprint density at radius 3 is 3.00 bits per heavy atom. The van der Waals surface area contributed by atoms with Crippen LogP contribution in [0.3, 0.4) is 0 Å².